The summed E-state index contributed by atoms with van der Waals surface area (Å²) in [4.78, 5) is 8.51. The smallest absolute Gasteiger partial charge is 0.0783 e. The van der Waals surface area contributed by atoms with Crippen LogP contribution in [0.5, 0.6) is 0 Å². The molecule has 1 heterocycles. The largest absolute Gasteiger partial charge is 0.376 e. The Morgan fingerprint density at radius 2 is 2.12 bits per heavy atom. The maximum absolute atomic E-state index is 5.77. The standard InChI is InChI=1S/C13H23N3O/c1-4-7-16-13(12(5-2)17-6-3)11-10-14-8-9-15-11/h8-10,12-13,16H,4-7H2,1-3H3. The second-order valence-electron chi connectivity index (χ2n) is 3.96. The summed E-state index contributed by atoms with van der Waals surface area (Å²) in [6, 6.07) is 0.133. The van der Waals surface area contributed by atoms with Crippen LogP contribution in [0.4, 0.5) is 0 Å². The minimum atomic E-state index is 0.133. The third-order valence-electron chi connectivity index (χ3n) is 2.67. The van der Waals surface area contributed by atoms with E-state index in [9.17, 15) is 0 Å². The van der Waals surface area contributed by atoms with Crippen LogP contribution in [-0.2, 0) is 4.74 Å². The molecule has 17 heavy (non-hydrogen) atoms. The van der Waals surface area contributed by atoms with Crippen molar-refractivity contribution in [3.8, 4) is 0 Å². The summed E-state index contributed by atoms with van der Waals surface area (Å²) in [5.74, 6) is 0. The molecule has 0 aliphatic rings. The summed E-state index contributed by atoms with van der Waals surface area (Å²) in [6.45, 7) is 8.00. The molecule has 1 aromatic heterocycles. The van der Waals surface area contributed by atoms with Crippen LogP contribution in [0.25, 0.3) is 0 Å². The molecule has 4 heteroatoms. The third kappa shape index (κ3) is 4.40. The van der Waals surface area contributed by atoms with E-state index in [4.69, 9.17) is 4.74 Å². The van der Waals surface area contributed by atoms with Crippen molar-refractivity contribution in [1.29, 1.82) is 0 Å². The zero-order valence-corrected chi connectivity index (χ0v) is 11.0. The van der Waals surface area contributed by atoms with Gasteiger partial charge in [0, 0.05) is 19.0 Å². The predicted molar refractivity (Wildman–Crippen MR) is 68.8 cm³/mol. The first-order valence-electron chi connectivity index (χ1n) is 6.44. The Morgan fingerprint density at radius 1 is 1.29 bits per heavy atom. The van der Waals surface area contributed by atoms with Gasteiger partial charge in [0.15, 0.2) is 0 Å². The van der Waals surface area contributed by atoms with Crippen molar-refractivity contribution in [2.75, 3.05) is 13.2 Å². The van der Waals surface area contributed by atoms with E-state index < -0.39 is 0 Å². The highest BCUT2D eigenvalue weighted by Gasteiger charge is 2.22. The Hall–Kier alpha value is -1.00. The number of hydrogen-bond donors (Lipinski definition) is 1. The maximum atomic E-state index is 5.77. The molecule has 1 aromatic rings. The average molecular weight is 237 g/mol. The highest BCUT2D eigenvalue weighted by atomic mass is 16.5. The summed E-state index contributed by atoms with van der Waals surface area (Å²) < 4.78 is 5.77. The van der Waals surface area contributed by atoms with E-state index >= 15 is 0 Å². The molecule has 0 radical (unpaired) electrons. The first kappa shape index (κ1) is 14.1. The van der Waals surface area contributed by atoms with Crippen molar-refractivity contribution in [2.45, 2.75) is 45.8 Å². The lowest BCUT2D eigenvalue weighted by Gasteiger charge is -2.26. The molecule has 0 amide bonds. The van der Waals surface area contributed by atoms with Gasteiger partial charge in [0.05, 0.1) is 24.0 Å². The number of hydrogen-bond acceptors (Lipinski definition) is 4. The molecule has 0 fully saturated rings. The molecule has 2 unspecified atom stereocenters. The lowest BCUT2D eigenvalue weighted by molar-refractivity contribution is 0.0302. The molecule has 4 nitrogen and oxygen atoms in total. The van der Waals surface area contributed by atoms with Crippen LogP contribution in [0.15, 0.2) is 18.6 Å². The molecular weight excluding hydrogens is 214 g/mol. The Kier molecular flexibility index (Phi) is 6.74. The topological polar surface area (TPSA) is 47.0 Å². The number of aromatic nitrogens is 2. The molecule has 1 N–H and O–H groups in total. The van der Waals surface area contributed by atoms with Gasteiger partial charge in [-0.1, -0.05) is 13.8 Å². The molecule has 0 spiro atoms. The highest BCUT2D eigenvalue weighted by Crippen LogP contribution is 2.19. The lowest BCUT2D eigenvalue weighted by Crippen LogP contribution is -2.34. The zero-order valence-electron chi connectivity index (χ0n) is 11.0. The number of nitrogens with zero attached hydrogens (tertiary/aromatic N) is 2. The van der Waals surface area contributed by atoms with Crippen molar-refractivity contribution in [1.82, 2.24) is 15.3 Å². The van der Waals surface area contributed by atoms with Crippen molar-refractivity contribution >= 4 is 0 Å². The van der Waals surface area contributed by atoms with E-state index in [1.54, 1.807) is 12.4 Å². The maximum Gasteiger partial charge on any atom is 0.0783 e. The van der Waals surface area contributed by atoms with Gasteiger partial charge in [0.25, 0.3) is 0 Å². The van der Waals surface area contributed by atoms with Gasteiger partial charge in [-0.3, -0.25) is 9.97 Å². The molecule has 0 aromatic carbocycles. The minimum absolute atomic E-state index is 0.133. The second kappa shape index (κ2) is 8.14. The summed E-state index contributed by atoms with van der Waals surface area (Å²) in [5, 5.41) is 3.49. The van der Waals surface area contributed by atoms with Crippen LogP contribution < -0.4 is 5.32 Å². The van der Waals surface area contributed by atoms with E-state index in [1.165, 1.54) is 0 Å². The van der Waals surface area contributed by atoms with Gasteiger partial charge in [-0.05, 0) is 26.3 Å². The van der Waals surface area contributed by atoms with Crippen LogP contribution in [-0.4, -0.2) is 29.2 Å². The third-order valence-corrected chi connectivity index (χ3v) is 2.67. The molecule has 0 aliphatic heterocycles. The fraction of sp³-hybridized carbons (Fsp3) is 0.692. The summed E-state index contributed by atoms with van der Waals surface area (Å²) >= 11 is 0. The van der Waals surface area contributed by atoms with E-state index in [1.807, 2.05) is 13.1 Å². The highest BCUT2D eigenvalue weighted by molar-refractivity contribution is 5.05. The fourth-order valence-electron chi connectivity index (χ4n) is 1.86. The molecular formula is C13H23N3O. The lowest BCUT2D eigenvalue weighted by atomic mass is 10.1. The predicted octanol–water partition coefficient (Wildman–Crippen LogP) is 2.33. The molecule has 0 saturated carbocycles. The molecule has 0 bridgehead atoms. The van der Waals surface area contributed by atoms with Gasteiger partial charge in [0.2, 0.25) is 0 Å². The van der Waals surface area contributed by atoms with Crippen LogP contribution >= 0.6 is 0 Å². The fourth-order valence-corrected chi connectivity index (χ4v) is 1.86. The van der Waals surface area contributed by atoms with Crippen LogP contribution in [0.1, 0.15) is 45.3 Å². The second-order valence-corrected chi connectivity index (χ2v) is 3.96. The summed E-state index contributed by atoms with van der Waals surface area (Å²) in [6.07, 6.45) is 7.46. The van der Waals surface area contributed by atoms with Gasteiger partial charge >= 0.3 is 0 Å². The molecule has 0 aliphatic carbocycles. The number of rotatable bonds is 8. The summed E-state index contributed by atoms with van der Waals surface area (Å²) in [5.41, 5.74) is 0.959. The Bertz CT molecular complexity index is 292. The molecule has 1 rings (SSSR count). The Labute approximate surface area is 104 Å². The van der Waals surface area contributed by atoms with Crippen molar-refractivity contribution in [2.24, 2.45) is 0 Å². The van der Waals surface area contributed by atoms with Gasteiger partial charge in [-0.25, -0.2) is 0 Å². The van der Waals surface area contributed by atoms with Crippen LogP contribution in [0.2, 0.25) is 0 Å². The van der Waals surface area contributed by atoms with Gasteiger partial charge in [-0.2, -0.15) is 0 Å². The number of ether oxygens (including phenoxy) is 1. The Balaban J connectivity index is 2.78. The van der Waals surface area contributed by atoms with E-state index in [2.05, 4.69) is 29.1 Å². The minimum Gasteiger partial charge on any atom is -0.376 e. The first-order valence-corrected chi connectivity index (χ1v) is 6.44. The number of nitrogens with one attached hydrogen (secondary N) is 1. The summed E-state index contributed by atoms with van der Waals surface area (Å²) in [7, 11) is 0. The monoisotopic (exact) mass is 237 g/mol. The van der Waals surface area contributed by atoms with Gasteiger partial charge < -0.3 is 10.1 Å². The first-order chi connectivity index (χ1) is 8.33. The van der Waals surface area contributed by atoms with Crippen molar-refractivity contribution in [3.05, 3.63) is 24.3 Å². The SMILES string of the molecule is CCCNC(c1cnccn1)C(CC)OCC. The van der Waals surface area contributed by atoms with E-state index in [0.29, 0.717) is 0 Å². The molecule has 96 valence electrons. The quantitative estimate of drug-likeness (QED) is 0.754. The molecule has 2 atom stereocenters. The van der Waals surface area contributed by atoms with Gasteiger partial charge in [-0.15, -0.1) is 0 Å². The normalized spacial score (nSPS) is 14.5. The van der Waals surface area contributed by atoms with Crippen molar-refractivity contribution < 1.29 is 4.74 Å². The molecule has 0 saturated heterocycles. The van der Waals surface area contributed by atoms with Gasteiger partial charge in [0.1, 0.15) is 0 Å². The van der Waals surface area contributed by atoms with E-state index in [0.717, 1.165) is 31.7 Å². The van der Waals surface area contributed by atoms with Crippen molar-refractivity contribution in [3.63, 3.8) is 0 Å². The zero-order chi connectivity index (χ0) is 12.5. The average Bonchev–Trinajstić information content (AvgIpc) is 2.39. The van der Waals surface area contributed by atoms with Crippen LogP contribution in [0, 0.1) is 0 Å². The Morgan fingerprint density at radius 3 is 2.65 bits per heavy atom. The van der Waals surface area contributed by atoms with E-state index in [-0.39, 0.29) is 12.1 Å². The van der Waals surface area contributed by atoms with Crippen LogP contribution in [0.3, 0.4) is 0 Å².